The van der Waals surface area contributed by atoms with Crippen LogP contribution in [0.5, 0.6) is 11.5 Å². The van der Waals surface area contributed by atoms with Crippen molar-refractivity contribution in [1.82, 2.24) is 0 Å². The number of methoxy groups -OCH3 is 2. The minimum Gasteiger partial charge on any atom is -0.493 e. The van der Waals surface area contributed by atoms with Crippen molar-refractivity contribution in [1.29, 1.82) is 0 Å². The molecule has 27 heavy (non-hydrogen) atoms. The van der Waals surface area contributed by atoms with E-state index in [9.17, 15) is 4.79 Å². The van der Waals surface area contributed by atoms with Gasteiger partial charge in [-0.15, -0.1) is 0 Å². The third kappa shape index (κ3) is 9.66. The highest BCUT2D eigenvalue weighted by Gasteiger charge is 2.15. The fraction of sp³-hybridized carbons (Fsp3) is 0.682. The maximum absolute atomic E-state index is 10.8. The molecule has 0 aliphatic carbocycles. The van der Waals surface area contributed by atoms with E-state index in [0.717, 1.165) is 50.0 Å². The number of carbonyl (C=O) groups excluding carboxylic acids is 1. The van der Waals surface area contributed by atoms with Gasteiger partial charge in [-0.25, -0.2) is 0 Å². The number of nitrogens with two attached hydrogens (primary N) is 1. The van der Waals surface area contributed by atoms with Crippen LogP contribution in [0.15, 0.2) is 18.2 Å². The number of hydrogen-bond donors (Lipinski definition) is 1. The Hall–Kier alpha value is -1.75. The first-order chi connectivity index (χ1) is 13.0. The summed E-state index contributed by atoms with van der Waals surface area (Å²) in [7, 11) is 3.36. The van der Waals surface area contributed by atoms with Gasteiger partial charge >= 0.3 is 0 Å². The minimum atomic E-state index is -0.202. The average Bonchev–Trinajstić information content (AvgIpc) is 2.63. The average molecular weight is 380 g/mol. The molecule has 0 aromatic heterocycles. The first kappa shape index (κ1) is 23.3. The first-order valence-corrected chi connectivity index (χ1v) is 10.0. The SMILES string of the molecule is COCCCOc1cc(C[C@H](CCCCCC(N)=O)C(C)C)ccc1OC. The molecule has 0 saturated carbocycles. The van der Waals surface area contributed by atoms with Crippen LogP contribution in [0, 0.1) is 11.8 Å². The molecule has 0 heterocycles. The Morgan fingerprint density at radius 1 is 1.04 bits per heavy atom. The zero-order valence-electron chi connectivity index (χ0n) is 17.5. The van der Waals surface area contributed by atoms with Gasteiger partial charge in [0.05, 0.1) is 13.7 Å². The van der Waals surface area contributed by atoms with Crippen molar-refractivity contribution in [3.8, 4) is 11.5 Å². The summed E-state index contributed by atoms with van der Waals surface area (Å²) in [5, 5.41) is 0. The molecule has 0 saturated heterocycles. The molecule has 1 rings (SSSR count). The van der Waals surface area contributed by atoms with Crippen molar-refractivity contribution in [2.24, 2.45) is 17.6 Å². The maximum Gasteiger partial charge on any atom is 0.217 e. The zero-order valence-corrected chi connectivity index (χ0v) is 17.5. The van der Waals surface area contributed by atoms with E-state index in [-0.39, 0.29) is 5.91 Å². The van der Waals surface area contributed by atoms with Crippen molar-refractivity contribution in [2.75, 3.05) is 27.4 Å². The summed E-state index contributed by atoms with van der Waals surface area (Å²) in [6.45, 7) is 5.85. The molecule has 2 N–H and O–H groups in total. The van der Waals surface area contributed by atoms with E-state index in [2.05, 4.69) is 26.0 Å². The highest BCUT2D eigenvalue weighted by molar-refractivity contribution is 5.73. The second-order valence-electron chi connectivity index (χ2n) is 7.45. The molecule has 0 spiro atoms. The van der Waals surface area contributed by atoms with Gasteiger partial charge in [-0.1, -0.05) is 32.8 Å². The van der Waals surface area contributed by atoms with Crippen LogP contribution in [0.4, 0.5) is 0 Å². The van der Waals surface area contributed by atoms with Crippen LogP contribution >= 0.6 is 0 Å². The molecule has 0 aliphatic heterocycles. The largest absolute Gasteiger partial charge is 0.493 e. The van der Waals surface area contributed by atoms with Crippen LogP contribution in [0.25, 0.3) is 0 Å². The molecular weight excluding hydrogens is 342 g/mol. The highest BCUT2D eigenvalue weighted by atomic mass is 16.5. The fourth-order valence-electron chi connectivity index (χ4n) is 3.20. The van der Waals surface area contributed by atoms with Crippen LogP contribution in [-0.2, 0) is 16.0 Å². The number of carbonyl (C=O) groups is 1. The van der Waals surface area contributed by atoms with Crippen molar-refractivity contribution in [3.63, 3.8) is 0 Å². The third-order valence-corrected chi connectivity index (χ3v) is 4.92. The van der Waals surface area contributed by atoms with E-state index in [1.807, 2.05) is 6.07 Å². The van der Waals surface area contributed by atoms with Crippen molar-refractivity contribution < 1.29 is 19.0 Å². The monoisotopic (exact) mass is 379 g/mol. The number of benzene rings is 1. The van der Waals surface area contributed by atoms with Gasteiger partial charge in [-0.3, -0.25) is 4.79 Å². The van der Waals surface area contributed by atoms with Crippen molar-refractivity contribution >= 4 is 5.91 Å². The van der Waals surface area contributed by atoms with Gasteiger partial charge in [0, 0.05) is 26.6 Å². The lowest BCUT2D eigenvalue weighted by molar-refractivity contribution is -0.118. The predicted octanol–water partition coefficient (Wildman–Crippen LogP) is 4.36. The summed E-state index contributed by atoms with van der Waals surface area (Å²) in [5.41, 5.74) is 6.48. The highest BCUT2D eigenvalue weighted by Crippen LogP contribution is 2.31. The number of amides is 1. The Bertz CT molecular complexity index is 545. The topological polar surface area (TPSA) is 70.8 Å². The van der Waals surface area contributed by atoms with Crippen LogP contribution in [-0.4, -0.2) is 33.3 Å². The summed E-state index contributed by atoms with van der Waals surface area (Å²) < 4.78 is 16.4. The molecule has 0 aliphatic rings. The summed E-state index contributed by atoms with van der Waals surface area (Å²) in [4.78, 5) is 10.8. The third-order valence-electron chi connectivity index (χ3n) is 4.92. The number of hydrogen-bond acceptors (Lipinski definition) is 4. The Balaban J connectivity index is 2.62. The predicted molar refractivity (Wildman–Crippen MR) is 109 cm³/mol. The van der Waals surface area contributed by atoms with Crippen molar-refractivity contribution in [2.45, 2.75) is 58.8 Å². The zero-order chi connectivity index (χ0) is 20.1. The second kappa shape index (κ2) is 13.4. The van der Waals surface area contributed by atoms with Gasteiger partial charge in [0.25, 0.3) is 0 Å². The van der Waals surface area contributed by atoms with E-state index in [1.165, 1.54) is 5.56 Å². The molecule has 5 nitrogen and oxygen atoms in total. The van der Waals surface area contributed by atoms with E-state index in [0.29, 0.717) is 31.5 Å². The molecule has 0 bridgehead atoms. The van der Waals surface area contributed by atoms with Crippen LogP contribution in [0.2, 0.25) is 0 Å². The van der Waals surface area contributed by atoms with Crippen molar-refractivity contribution in [3.05, 3.63) is 23.8 Å². The molecule has 0 unspecified atom stereocenters. The summed E-state index contributed by atoms with van der Waals surface area (Å²) in [6, 6.07) is 6.22. The Kier molecular flexibility index (Phi) is 11.6. The lowest BCUT2D eigenvalue weighted by Gasteiger charge is -2.22. The Morgan fingerprint density at radius 2 is 1.81 bits per heavy atom. The summed E-state index contributed by atoms with van der Waals surface area (Å²) in [6.07, 6.45) is 6.61. The first-order valence-electron chi connectivity index (χ1n) is 10.0. The second-order valence-corrected chi connectivity index (χ2v) is 7.45. The molecule has 5 heteroatoms. The van der Waals surface area contributed by atoms with Gasteiger partial charge in [0.1, 0.15) is 0 Å². The van der Waals surface area contributed by atoms with E-state index in [4.69, 9.17) is 19.9 Å². The van der Waals surface area contributed by atoms with Gasteiger partial charge in [0.2, 0.25) is 5.91 Å². The molecule has 1 aromatic carbocycles. The van der Waals surface area contributed by atoms with E-state index in [1.54, 1.807) is 14.2 Å². The standard InChI is InChI=1S/C22H37NO4/c1-17(2)19(9-6-5-7-10-22(23)24)15-18-11-12-20(26-4)21(16-18)27-14-8-13-25-3/h11-12,16-17,19H,5-10,13-15H2,1-4H3,(H2,23,24)/t19-/m0/s1. The molecular formula is C22H37NO4. The number of primary amides is 1. The lowest BCUT2D eigenvalue weighted by Crippen LogP contribution is -2.13. The Labute approximate surface area is 164 Å². The molecule has 1 atom stereocenters. The molecule has 0 fully saturated rings. The fourth-order valence-corrected chi connectivity index (χ4v) is 3.20. The summed E-state index contributed by atoms with van der Waals surface area (Å²) in [5.74, 6) is 2.58. The summed E-state index contributed by atoms with van der Waals surface area (Å²) >= 11 is 0. The molecule has 1 amide bonds. The molecule has 1 aromatic rings. The van der Waals surface area contributed by atoms with E-state index < -0.39 is 0 Å². The van der Waals surface area contributed by atoms with Crippen LogP contribution in [0.3, 0.4) is 0 Å². The van der Waals surface area contributed by atoms with Gasteiger partial charge < -0.3 is 19.9 Å². The lowest BCUT2D eigenvalue weighted by atomic mass is 9.85. The van der Waals surface area contributed by atoms with Crippen LogP contribution < -0.4 is 15.2 Å². The van der Waals surface area contributed by atoms with Gasteiger partial charge in [-0.2, -0.15) is 0 Å². The smallest absolute Gasteiger partial charge is 0.217 e. The normalized spacial score (nSPS) is 12.2. The van der Waals surface area contributed by atoms with Crippen LogP contribution in [0.1, 0.15) is 57.9 Å². The minimum absolute atomic E-state index is 0.202. The van der Waals surface area contributed by atoms with Gasteiger partial charge in [-0.05, 0) is 48.8 Å². The molecule has 0 radical (unpaired) electrons. The van der Waals surface area contributed by atoms with Gasteiger partial charge in [0.15, 0.2) is 11.5 Å². The maximum atomic E-state index is 10.8. The number of ether oxygens (including phenoxy) is 3. The Morgan fingerprint density at radius 3 is 2.44 bits per heavy atom. The number of unbranched alkanes of at least 4 members (excludes halogenated alkanes) is 2. The quantitative estimate of drug-likeness (QED) is 0.460. The molecule has 154 valence electrons. The van der Waals surface area contributed by atoms with E-state index >= 15 is 0 Å². The number of rotatable bonds is 15.